The van der Waals surface area contributed by atoms with Crippen molar-refractivity contribution >= 4 is 56.5 Å². The standard InChI is InChI=1S/C26H25ClFN3O2S2/c1-4-6-21-15(3)23-24(35-21)30-26(31(25(23)33)18-10-7-16(5-2)8-11-18)34-14-22(32)29-17-9-12-20(28)19(27)13-17/h7-13H,4-6,14H2,1-3H3,(H,29,32). The van der Waals surface area contributed by atoms with Crippen LogP contribution in [0.2, 0.25) is 5.02 Å². The molecule has 9 heteroatoms. The van der Waals surface area contributed by atoms with Crippen molar-refractivity contribution in [2.75, 3.05) is 11.1 Å². The first kappa shape index (κ1) is 25.4. The lowest BCUT2D eigenvalue weighted by atomic mass is 10.1. The zero-order valence-electron chi connectivity index (χ0n) is 19.7. The molecule has 2 aromatic heterocycles. The molecular formula is C26H25ClFN3O2S2. The summed E-state index contributed by atoms with van der Waals surface area (Å²) in [4.78, 5) is 33.0. The molecule has 4 rings (SSSR count). The molecule has 0 unspecified atom stereocenters. The largest absolute Gasteiger partial charge is 0.325 e. The SMILES string of the molecule is CCCc1sc2nc(SCC(=O)Nc3ccc(F)c(Cl)c3)n(-c3ccc(CC)cc3)c(=O)c2c1C. The van der Waals surface area contributed by atoms with Gasteiger partial charge in [0, 0.05) is 10.6 Å². The summed E-state index contributed by atoms with van der Waals surface area (Å²) in [6, 6.07) is 11.8. The fourth-order valence-corrected chi connectivity index (χ4v) is 6.10. The number of anilines is 1. The first-order valence-corrected chi connectivity index (χ1v) is 13.5. The van der Waals surface area contributed by atoms with Gasteiger partial charge < -0.3 is 5.32 Å². The lowest BCUT2D eigenvalue weighted by molar-refractivity contribution is -0.113. The molecule has 1 N–H and O–H groups in total. The fourth-order valence-electron chi connectivity index (χ4n) is 3.78. The number of carbonyl (C=O) groups is 1. The van der Waals surface area contributed by atoms with Crippen LogP contribution in [0.4, 0.5) is 10.1 Å². The molecule has 0 atom stereocenters. The van der Waals surface area contributed by atoms with E-state index in [0.717, 1.165) is 29.7 Å². The number of rotatable bonds is 8. The number of hydrogen-bond acceptors (Lipinski definition) is 5. The topological polar surface area (TPSA) is 64.0 Å². The molecule has 35 heavy (non-hydrogen) atoms. The van der Waals surface area contributed by atoms with Crippen LogP contribution in [0, 0.1) is 12.7 Å². The third-order valence-electron chi connectivity index (χ3n) is 5.65. The summed E-state index contributed by atoms with van der Waals surface area (Å²) >= 11 is 8.53. The van der Waals surface area contributed by atoms with E-state index in [1.807, 2.05) is 31.2 Å². The van der Waals surface area contributed by atoms with E-state index in [1.54, 1.807) is 4.57 Å². The maximum absolute atomic E-state index is 13.7. The van der Waals surface area contributed by atoms with Crippen molar-refractivity contribution in [1.29, 1.82) is 0 Å². The number of carbonyl (C=O) groups excluding carboxylic acids is 1. The van der Waals surface area contributed by atoms with Crippen LogP contribution in [0.5, 0.6) is 0 Å². The highest BCUT2D eigenvalue weighted by atomic mass is 35.5. The molecule has 0 spiro atoms. The van der Waals surface area contributed by atoms with E-state index in [9.17, 15) is 14.0 Å². The Morgan fingerprint density at radius 2 is 1.94 bits per heavy atom. The predicted molar refractivity (Wildman–Crippen MR) is 144 cm³/mol. The van der Waals surface area contributed by atoms with Crippen LogP contribution in [-0.4, -0.2) is 21.2 Å². The first-order chi connectivity index (χ1) is 16.8. The van der Waals surface area contributed by atoms with Gasteiger partial charge in [0.25, 0.3) is 5.56 Å². The van der Waals surface area contributed by atoms with Crippen LogP contribution in [-0.2, 0) is 17.6 Å². The molecule has 0 radical (unpaired) electrons. The van der Waals surface area contributed by atoms with Gasteiger partial charge in [-0.05, 0) is 61.2 Å². The Morgan fingerprint density at radius 1 is 1.20 bits per heavy atom. The second-order valence-electron chi connectivity index (χ2n) is 8.10. The summed E-state index contributed by atoms with van der Waals surface area (Å²) in [5.41, 5.74) is 3.11. The van der Waals surface area contributed by atoms with Gasteiger partial charge in [0.1, 0.15) is 10.6 Å². The van der Waals surface area contributed by atoms with Gasteiger partial charge in [0.2, 0.25) is 5.91 Å². The monoisotopic (exact) mass is 529 g/mol. The number of nitrogens with zero attached hydrogens (tertiary/aromatic N) is 2. The Balaban J connectivity index is 1.70. The summed E-state index contributed by atoms with van der Waals surface area (Å²) in [5, 5.41) is 3.73. The molecule has 2 heterocycles. The van der Waals surface area contributed by atoms with Crippen molar-refractivity contribution in [2.45, 2.75) is 45.2 Å². The molecular weight excluding hydrogens is 505 g/mol. The lowest BCUT2D eigenvalue weighted by Crippen LogP contribution is -2.23. The average molecular weight is 530 g/mol. The van der Waals surface area contributed by atoms with Gasteiger partial charge in [0.15, 0.2) is 5.16 Å². The lowest BCUT2D eigenvalue weighted by Gasteiger charge is -2.13. The van der Waals surface area contributed by atoms with E-state index in [-0.39, 0.29) is 22.2 Å². The number of thiophene rings is 1. The van der Waals surface area contributed by atoms with Crippen molar-refractivity contribution in [2.24, 2.45) is 0 Å². The Labute approximate surface area is 216 Å². The minimum Gasteiger partial charge on any atom is -0.325 e. The van der Waals surface area contributed by atoms with Gasteiger partial charge in [-0.25, -0.2) is 9.37 Å². The van der Waals surface area contributed by atoms with Crippen LogP contribution < -0.4 is 10.9 Å². The van der Waals surface area contributed by atoms with Crippen molar-refractivity contribution in [3.05, 3.63) is 79.7 Å². The van der Waals surface area contributed by atoms with E-state index >= 15 is 0 Å². The number of nitrogens with one attached hydrogen (secondary N) is 1. The Hall–Kier alpha value is -2.68. The molecule has 0 aliphatic heterocycles. The number of hydrogen-bond donors (Lipinski definition) is 1. The predicted octanol–water partition coefficient (Wildman–Crippen LogP) is 6.79. The van der Waals surface area contributed by atoms with Crippen LogP contribution in [0.3, 0.4) is 0 Å². The molecule has 0 saturated heterocycles. The van der Waals surface area contributed by atoms with Gasteiger partial charge in [-0.1, -0.05) is 55.8 Å². The van der Waals surface area contributed by atoms with Crippen molar-refractivity contribution in [1.82, 2.24) is 9.55 Å². The third kappa shape index (κ3) is 5.44. The number of aromatic nitrogens is 2. The number of aryl methyl sites for hydroxylation is 3. The maximum Gasteiger partial charge on any atom is 0.267 e. The number of fused-ring (bicyclic) bond motifs is 1. The molecule has 0 fully saturated rings. The zero-order valence-corrected chi connectivity index (χ0v) is 22.0. The van der Waals surface area contributed by atoms with Crippen LogP contribution in [0.25, 0.3) is 15.9 Å². The first-order valence-electron chi connectivity index (χ1n) is 11.3. The number of amides is 1. The quantitative estimate of drug-likeness (QED) is 0.201. The number of halogens is 2. The number of thioether (sulfide) groups is 1. The van der Waals surface area contributed by atoms with Gasteiger partial charge >= 0.3 is 0 Å². The summed E-state index contributed by atoms with van der Waals surface area (Å²) in [6.45, 7) is 6.16. The Bertz CT molecular complexity index is 1450. The normalized spacial score (nSPS) is 11.2. The minimum atomic E-state index is -0.552. The Morgan fingerprint density at radius 3 is 2.60 bits per heavy atom. The number of benzene rings is 2. The summed E-state index contributed by atoms with van der Waals surface area (Å²) in [6.07, 6.45) is 2.77. The maximum atomic E-state index is 13.7. The zero-order chi connectivity index (χ0) is 25.1. The summed E-state index contributed by atoms with van der Waals surface area (Å²) < 4.78 is 15.0. The molecule has 5 nitrogen and oxygen atoms in total. The smallest absolute Gasteiger partial charge is 0.267 e. The van der Waals surface area contributed by atoms with Crippen LogP contribution in [0.15, 0.2) is 52.4 Å². The highest BCUT2D eigenvalue weighted by Crippen LogP contribution is 2.31. The van der Waals surface area contributed by atoms with E-state index < -0.39 is 5.82 Å². The molecule has 1 amide bonds. The molecule has 2 aromatic carbocycles. The Kier molecular flexibility index (Phi) is 7.94. The second kappa shape index (κ2) is 10.9. The molecule has 0 bridgehead atoms. The fraction of sp³-hybridized carbons (Fsp3) is 0.269. The second-order valence-corrected chi connectivity index (χ2v) is 10.5. The van der Waals surface area contributed by atoms with Crippen molar-refractivity contribution in [3.8, 4) is 5.69 Å². The van der Waals surface area contributed by atoms with Gasteiger partial charge in [-0.15, -0.1) is 11.3 Å². The van der Waals surface area contributed by atoms with Gasteiger partial charge in [-0.3, -0.25) is 14.2 Å². The molecule has 0 aliphatic carbocycles. The third-order valence-corrected chi connectivity index (χ3v) is 8.12. The minimum absolute atomic E-state index is 0.0200. The molecule has 4 aromatic rings. The van der Waals surface area contributed by atoms with E-state index in [1.165, 1.54) is 46.9 Å². The van der Waals surface area contributed by atoms with Crippen LogP contribution >= 0.6 is 34.7 Å². The highest BCUT2D eigenvalue weighted by molar-refractivity contribution is 7.99. The van der Waals surface area contributed by atoms with E-state index in [0.29, 0.717) is 26.7 Å². The van der Waals surface area contributed by atoms with Gasteiger partial charge in [0.05, 0.1) is 21.8 Å². The van der Waals surface area contributed by atoms with E-state index in [4.69, 9.17) is 16.6 Å². The summed E-state index contributed by atoms with van der Waals surface area (Å²) in [5.74, 6) is -0.844. The summed E-state index contributed by atoms with van der Waals surface area (Å²) in [7, 11) is 0. The molecule has 0 saturated carbocycles. The highest BCUT2D eigenvalue weighted by Gasteiger charge is 2.20. The van der Waals surface area contributed by atoms with Crippen molar-refractivity contribution < 1.29 is 9.18 Å². The van der Waals surface area contributed by atoms with Crippen LogP contribution in [0.1, 0.15) is 36.3 Å². The average Bonchev–Trinajstić information content (AvgIpc) is 3.16. The van der Waals surface area contributed by atoms with Crippen molar-refractivity contribution in [3.63, 3.8) is 0 Å². The molecule has 182 valence electrons. The van der Waals surface area contributed by atoms with Gasteiger partial charge in [-0.2, -0.15) is 0 Å². The van der Waals surface area contributed by atoms with E-state index in [2.05, 4.69) is 19.2 Å². The molecule has 0 aliphatic rings.